The van der Waals surface area contributed by atoms with E-state index in [0.717, 1.165) is 24.8 Å². The third-order valence-corrected chi connectivity index (χ3v) is 2.85. The average molecular weight is 189 g/mol. The maximum Gasteiger partial charge on any atom is 0.150 e. The molecule has 0 atom stereocenters. The van der Waals surface area contributed by atoms with Gasteiger partial charge >= 0.3 is 0 Å². The van der Waals surface area contributed by atoms with Crippen molar-refractivity contribution in [2.45, 2.75) is 19.3 Å². The van der Waals surface area contributed by atoms with Gasteiger partial charge in [-0.05, 0) is 30.9 Å². The highest BCUT2D eigenvalue weighted by molar-refractivity contribution is 5.78. The molecule has 0 saturated carbocycles. The maximum atomic E-state index is 10.7. The molecule has 2 nitrogen and oxygen atoms in total. The van der Waals surface area contributed by atoms with Crippen molar-refractivity contribution in [3.05, 3.63) is 29.3 Å². The summed E-state index contributed by atoms with van der Waals surface area (Å²) in [4.78, 5) is 12.9. The molecule has 1 aromatic rings. The molecule has 0 aromatic heterocycles. The van der Waals surface area contributed by atoms with E-state index < -0.39 is 0 Å². The number of nitrogens with zero attached hydrogens (tertiary/aromatic N) is 1. The molecule has 0 amide bonds. The lowest BCUT2D eigenvalue weighted by atomic mass is 10.1. The Hall–Kier alpha value is -1.31. The summed E-state index contributed by atoms with van der Waals surface area (Å²) in [6, 6.07) is 5.99. The van der Waals surface area contributed by atoms with Crippen molar-refractivity contribution in [2.24, 2.45) is 0 Å². The van der Waals surface area contributed by atoms with Gasteiger partial charge in [0.25, 0.3) is 0 Å². The molecule has 0 fully saturated rings. The summed E-state index contributed by atoms with van der Waals surface area (Å²) in [5, 5.41) is 0. The molecule has 14 heavy (non-hydrogen) atoms. The number of carbonyl (C=O) groups excluding carboxylic acids is 1. The molecule has 0 N–H and O–H groups in total. The number of rotatable bonds is 1. The van der Waals surface area contributed by atoms with E-state index >= 15 is 0 Å². The van der Waals surface area contributed by atoms with Crippen LogP contribution in [0.5, 0.6) is 0 Å². The number of fused-ring (bicyclic) bond motifs is 1. The molecule has 1 aliphatic heterocycles. The van der Waals surface area contributed by atoms with Gasteiger partial charge in [0.2, 0.25) is 0 Å². The molecular formula is C12H15NO. The molecule has 0 saturated heterocycles. The van der Waals surface area contributed by atoms with Crippen molar-refractivity contribution in [2.75, 3.05) is 18.5 Å². The Morgan fingerprint density at radius 3 is 3.00 bits per heavy atom. The van der Waals surface area contributed by atoms with Gasteiger partial charge in [0.1, 0.15) is 6.29 Å². The Balaban J connectivity index is 2.44. The van der Waals surface area contributed by atoms with E-state index in [2.05, 4.69) is 18.0 Å². The molecule has 1 heterocycles. The van der Waals surface area contributed by atoms with Crippen molar-refractivity contribution in [1.29, 1.82) is 0 Å². The maximum absolute atomic E-state index is 10.7. The summed E-state index contributed by atoms with van der Waals surface area (Å²) >= 11 is 0. The largest absolute Gasteiger partial charge is 0.374 e. The molecule has 2 heteroatoms. The molecule has 0 unspecified atom stereocenters. The van der Waals surface area contributed by atoms with Gasteiger partial charge in [-0.2, -0.15) is 0 Å². The Morgan fingerprint density at radius 2 is 2.21 bits per heavy atom. The van der Waals surface area contributed by atoms with Crippen LogP contribution in [0.25, 0.3) is 0 Å². The minimum Gasteiger partial charge on any atom is -0.374 e. The van der Waals surface area contributed by atoms with Crippen LogP contribution in [0.15, 0.2) is 18.2 Å². The Labute approximate surface area is 84.5 Å². The first-order valence-electron chi connectivity index (χ1n) is 5.10. The van der Waals surface area contributed by atoms with Crippen LogP contribution in [0.4, 0.5) is 5.69 Å². The smallest absolute Gasteiger partial charge is 0.150 e. The zero-order valence-electron chi connectivity index (χ0n) is 8.49. The van der Waals surface area contributed by atoms with E-state index in [1.807, 2.05) is 12.1 Å². The van der Waals surface area contributed by atoms with Crippen molar-refractivity contribution in [3.63, 3.8) is 0 Å². The van der Waals surface area contributed by atoms with Crippen LogP contribution in [0.1, 0.15) is 28.8 Å². The molecule has 1 aliphatic rings. The third-order valence-electron chi connectivity index (χ3n) is 2.85. The summed E-state index contributed by atoms with van der Waals surface area (Å²) in [7, 11) is 2.10. The van der Waals surface area contributed by atoms with Crippen LogP contribution in [-0.4, -0.2) is 19.9 Å². The number of anilines is 1. The van der Waals surface area contributed by atoms with E-state index in [4.69, 9.17) is 0 Å². The minimum absolute atomic E-state index is 0.775. The molecule has 0 spiro atoms. The van der Waals surface area contributed by atoms with Gasteiger partial charge in [-0.15, -0.1) is 0 Å². The van der Waals surface area contributed by atoms with Crippen LogP contribution in [0.3, 0.4) is 0 Å². The molecule has 1 aromatic carbocycles. The van der Waals surface area contributed by atoms with Gasteiger partial charge < -0.3 is 4.90 Å². The molecule has 0 bridgehead atoms. The van der Waals surface area contributed by atoms with Crippen LogP contribution in [0, 0.1) is 0 Å². The number of aldehydes is 1. The fourth-order valence-corrected chi connectivity index (χ4v) is 2.01. The highest BCUT2D eigenvalue weighted by Crippen LogP contribution is 2.25. The lowest BCUT2D eigenvalue weighted by Gasteiger charge is -2.19. The first kappa shape index (κ1) is 9.25. The van der Waals surface area contributed by atoms with Gasteiger partial charge in [0.15, 0.2) is 0 Å². The zero-order valence-corrected chi connectivity index (χ0v) is 8.49. The fourth-order valence-electron chi connectivity index (χ4n) is 2.01. The second-order valence-corrected chi connectivity index (χ2v) is 3.88. The molecule has 0 aliphatic carbocycles. The number of hydrogen-bond acceptors (Lipinski definition) is 2. The van der Waals surface area contributed by atoms with Gasteiger partial charge in [-0.1, -0.05) is 12.1 Å². The lowest BCUT2D eigenvalue weighted by molar-refractivity contribution is 0.112. The summed E-state index contributed by atoms with van der Waals surface area (Å²) in [6.45, 7) is 1.09. The minimum atomic E-state index is 0.775. The second-order valence-electron chi connectivity index (χ2n) is 3.88. The van der Waals surface area contributed by atoms with E-state index in [1.165, 1.54) is 24.1 Å². The summed E-state index contributed by atoms with van der Waals surface area (Å²) in [5.74, 6) is 0. The second kappa shape index (κ2) is 3.82. The number of benzene rings is 1. The van der Waals surface area contributed by atoms with Crippen molar-refractivity contribution >= 4 is 12.0 Å². The molecule has 2 rings (SSSR count). The molecule has 74 valence electrons. The predicted octanol–water partition coefficient (Wildman–Crippen LogP) is 2.27. The normalized spacial score (nSPS) is 15.9. The van der Waals surface area contributed by atoms with Gasteiger partial charge in [0.05, 0.1) is 0 Å². The molecular weight excluding hydrogens is 174 g/mol. The van der Waals surface area contributed by atoms with Gasteiger partial charge in [0, 0.05) is 24.8 Å². The van der Waals surface area contributed by atoms with Gasteiger partial charge in [-0.3, -0.25) is 4.79 Å². The van der Waals surface area contributed by atoms with Gasteiger partial charge in [-0.25, -0.2) is 0 Å². The van der Waals surface area contributed by atoms with E-state index in [9.17, 15) is 4.79 Å². The Kier molecular flexibility index (Phi) is 2.53. The number of carbonyl (C=O) groups is 1. The van der Waals surface area contributed by atoms with Crippen molar-refractivity contribution < 1.29 is 4.79 Å². The predicted molar refractivity (Wildman–Crippen MR) is 58.0 cm³/mol. The summed E-state index contributed by atoms with van der Waals surface area (Å²) in [6.07, 6.45) is 4.54. The number of hydrogen-bond donors (Lipinski definition) is 0. The highest BCUT2D eigenvalue weighted by atomic mass is 16.1. The summed E-state index contributed by atoms with van der Waals surface area (Å²) < 4.78 is 0. The van der Waals surface area contributed by atoms with Crippen LogP contribution in [-0.2, 0) is 6.42 Å². The van der Waals surface area contributed by atoms with E-state index in [1.54, 1.807) is 0 Å². The topological polar surface area (TPSA) is 20.3 Å². The monoisotopic (exact) mass is 189 g/mol. The molecule has 0 radical (unpaired) electrons. The van der Waals surface area contributed by atoms with E-state index in [-0.39, 0.29) is 0 Å². The Bertz CT molecular complexity index is 346. The SMILES string of the molecule is CN1CCCCc2ccc(C=O)cc21. The summed E-state index contributed by atoms with van der Waals surface area (Å²) in [5.41, 5.74) is 3.38. The quantitative estimate of drug-likeness (QED) is 0.632. The van der Waals surface area contributed by atoms with Crippen LogP contribution in [0.2, 0.25) is 0 Å². The third kappa shape index (κ3) is 1.65. The van der Waals surface area contributed by atoms with E-state index in [0.29, 0.717) is 0 Å². The van der Waals surface area contributed by atoms with Crippen molar-refractivity contribution in [1.82, 2.24) is 0 Å². The van der Waals surface area contributed by atoms with Crippen LogP contribution >= 0.6 is 0 Å². The Morgan fingerprint density at radius 1 is 1.36 bits per heavy atom. The number of aryl methyl sites for hydroxylation is 1. The average Bonchev–Trinajstić information content (AvgIpc) is 2.40. The first-order valence-corrected chi connectivity index (χ1v) is 5.10. The first-order chi connectivity index (χ1) is 6.81. The standard InChI is InChI=1S/C12H15NO/c1-13-7-3-2-4-11-6-5-10(9-14)8-12(11)13/h5-6,8-9H,2-4,7H2,1H3. The van der Waals surface area contributed by atoms with Crippen molar-refractivity contribution in [3.8, 4) is 0 Å². The highest BCUT2D eigenvalue weighted by Gasteiger charge is 2.11. The van der Waals surface area contributed by atoms with Crippen LogP contribution < -0.4 is 4.90 Å². The fraction of sp³-hybridized carbons (Fsp3) is 0.417. The lowest BCUT2D eigenvalue weighted by Crippen LogP contribution is -2.17. The zero-order chi connectivity index (χ0) is 9.97.